The van der Waals surface area contributed by atoms with Crippen molar-refractivity contribution in [3.8, 4) is 11.4 Å². The van der Waals surface area contributed by atoms with Crippen LogP contribution in [0.25, 0.3) is 11.4 Å². The van der Waals surface area contributed by atoms with E-state index in [1.165, 1.54) is 0 Å². The van der Waals surface area contributed by atoms with Crippen molar-refractivity contribution in [3.05, 3.63) is 41.7 Å². The van der Waals surface area contributed by atoms with Crippen LogP contribution in [0.5, 0.6) is 0 Å². The lowest BCUT2D eigenvalue weighted by atomic mass is 10.1. The zero-order valence-electron chi connectivity index (χ0n) is 10.5. The molecule has 0 amide bonds. The molecule has 0 N–H and O–H groups in total. The normalized spacial score (nSPS) is 15.6. The lowest BCUT2D eigenvalue weighted by Crippen LogP contribution is -2.05. The van der Waals surface area contributed by atoms with Crippen LogP contribution < -0.4 is 0 Å². The highest BCUT2D eigenvalue weighted by atomic mass is 35.5. The summed E-state index contributed by atoms with van der Waals surface area (Å²) in [6, 6.07) is 7.28. The monoisotopic (exact) mass is 300 g/mol. The fourth-order valence-electron chi connectivity index (χ4n) is 2.12. The summed E-state index contributed by atoms with van der Waals surface area (Å²) in [7, 11) is 0. The summed E-state index contributed by atoms with van der Waals surface area (Å²) in [4.78, 5) is 3.77. The van der Waals surface area contributed by atoms with Crippen LogP contribution in [0, 0.1) is 0 Å². The van der Waals surface area contributed by atoms with E-state index in [9.17, 15) is 13.2 Å². The molecule has 2 aromatic rings. The van der Waals surface area contributed by atoms with Crippen molar-refractivity contribution >= 4 is 11.6 Å². The Balaban J connectivity index is 2.04. The van der Waals surface area contributed by atoms with Crippen LogP contribution in [0.15, 0.2) is 30.5 Å². The average molecular weight is 301 g/mol. The molecule has 1 saturated carbocycles. The molecule has 0 radical (unpaired) electrons. The van der Waals surface area contributed by atoms with E-state index in [2.05, 4.69) is 4.98 Å². The molecule has 106 valence electrons. The van der Waals surface area contributed by atoms with Gasteiger partial charge in [-0.05, 0) is 18.4 Å². The maximum absolute atomic E-state index is 12.8. The van der Waals surface area contributed by atoms with Gasteiger partial charge in [0.1, 0.15) is 5.82 Å². The van der Waals surface area contributed by atoms with Crippen LogP contribution in [0.2, 0.25) is 0 Å². The van der Waals surface area contributed by atoms with Gasteiger partial charge in [0.2, 0.25) is 0 Å². The highest BCUT2D eigenvalue weighted by molar-refractivity contribution is 6.17. The van der Waals surface area contributed by atoms with Crippen molar-refractivity contribution < 1.29 is 13.2 Å². The van der Waals surface area contributed by atoms with Gasteiger partial charge in [0.05, 0.1) is 0 Å². The largest absolute Gasteiger partial charge is 0.434 e. The summed E-state index contributed by atoms with van der Waals surface area (Å²) < 4.78 is 40.1. The van der Waals surface area contributed by atoms with E-state index in [1.807, 2.05) is 12.1 Å². The van der Waals surface area contributed by atoms with Crippen LogP contribution in [0.3, 0.4) is 0 Å². The molecule has 3 rings (SSSR count). The number of benzene rings is 1. The van der Waals surface area contributed by atoms with Gasteiger partial charge in [-0.25, -0.2) is 4.98 Å². The molecule has 20 heavy (non-hydrogen) atoms. The quantitative estimate of drug-likeness (QED) is 0.755. The Kier molecular flexibility index (Phi) is 3.24. The first-order valence-corrected chi connectivity index (χ1v) is 6.84. The van der Waals surface area contributed by atoms with Crippen molar-refractivity contribution in [1.29, 1.82) is 0 Å². The van der Waals surface area contributed by atoms with Gasteiger partial charge in [0.25, 0.3) is 0 Å². The number of hydrogen-bond donors (Lipinski definition) is 0. The molecular weight excluding hydrogens is 289 g/mol. The van der Waals surface area contributed by atoms with Gasteiger partial charge in [-0.15, -0.1) is 11.6 Å². The molecule has 2 nitrogen and oxygen atoms in total. The third-order valence-electron chi connectivity index (χ3n) is 3.33. The molecule has 1 fully saturated rings. The Morgan fingerprint density at radius 1 is 1.20 bits per heavy atom. The van der Waals surface area contributed by atoms with Crippen molar-refractivity contribution in [2.24, 2.45) is 0 Å². The predicted octanol–water partition coefficient (Wildman–Crippen LogP) is 4.64. The first kappa shape index (κ1) is 13.5. The van der Waals surface area contributed by atoms with E-state index in [0.29, 0.717) is 17.3 Å². The lowest BCUT2D eigenvalue weighted by molar-refractivity contribution is -0.140. The molecule has 0 saturated heterocycles. The smallest absolute Gasteiger partial charge is 0.327 e. The zero-order chi connectivity index (χ0) is 14.3. The molecule has 1 heterocycles. The summed E-state index contributed by atoms with van der Waals surface area (Å²) in [5.74, 6) is 0.756. The lowest BCUT2D eigenvalue weighted by Gasteiger charge is -2.06. The minimum atomic E-state index is -4.41. The molecule has 0 unspecified atom stereocenters. The molecule has 0 atom stereocenters. The second-order valence-electron chi connectivity index (χ2n) is 4.92. The van der Waals surface area contributed by atoms with E-state index >= 15 is 0 Å². The molecule has 1 aliphatic carbocycles. The second-order valence-corrected chi connectivity index (χ2v) is 5.18. The van der Waals surface area contributed by atoms with Gasteiger partial charge in [0.15, 0.2) is 5.69 Å². The number of alkyl halides is 4. The molecular formula is C14H12ClF3N2. The van der Waals surface area contributed by atoms with Crippen molar-refractivity contribution in [2.45, 2.75) is 30.9 Å². The fourth-order valence-corrected chi connectivity index (χ4v) is 2.30. The Morgan fingerprint density at radius 2 is 1.85 bits per heavy atom. The van der Waals surface area contributed by atoms with Gasteiger partial charge < -0.3 is 4.57 Å². The Labute approximate surface area is 119 Å². The van der Waals surface area contributed by atoms with Crippen LogP contribution >= 0.6 is 11.6 Å². The predicted molar refractivity (Wildman–Crippen MR) is 70.5 cm³/mol. The Morgan fingerprint density at radius 3 is 2.35 bits per heavy atom. The number of hydrogen-bond acceptors (Lipinski definition) is 1. The average Bonchev–Trinajstić information content (AvgIpc) is 3.16. The minimum Gasteiger partial charge on any atom is -0.327 e. The third kappa shape index (κ3) is 2.54. The second kappa shape index (κ2) is 4.81. The number of halogens is 4. The molecule has 0 spiro atoms. The maximum Gasteiger partial charge on any atom is 0.434 e. The minimum absolute atomic E-state index is 0.140. The van der Waals surface area contributed by atoms with E-state index in [1.54, 1.807) is 16.7 Å². The highest BCUT2D eigenvalue weighted by Crippen LogP contribution is 2.40. The van der Waals surface area contributed by atoms with Gasteiger partial charge in [-0.2, -0.15) is 13.2 Å². The van der Waals surface area contributed by atoms with E-state index < -0.39 is 11.9 Å². The molecule has 0 bridgehead atoms. The summed E-state index contributed by atoms with van der Waals surface area (Å²) in [5.41, 5.74) is 0.776. The Hall–Kier alpha value is -1.49. The molecule has 1 aromatic heterocycles. The number of nitrogens with zero attached hydrogens (tertiary/aromatic N) is 2. The van der Waals surface area contributed by atoms with E-state index in [4.69, 9.17) is 11.6 Å². The number of aromatic nitrogens is 2. The third-order valence-corrected chi connectivity index (χ3v) is 3.64. The van der Waals surface area contributed by atoms with E-state index in [-0.39, 0.29) is 6.04 Å². The van der Waals surface area contributed by atoms with Crippen molar-refractivity contribution in [1.82, 2.24) is 9.55 Å². The summed E-state index contributed by atoms with van der Waals surface area (Å²) in [6.07, 6.45) is -1.49. The highest BCUT2D eigenvalue weighted by Gasteiger charge is 2.37. The first-order chi connectivity index (χ1) is 9.49. The van der Waals surface area contributed by atoms with Gasteiger partial charge in [-0.3, -0.25) is 0 Å². The maximum atomic E-state index is 12.8. The van der Waals surface area contributed by atoms with Gasteiger partial charge in [0, 0.05) is 23.7 Å². The number of rotatable bonds is 3. The SMILES string of the molecule is FC(F)(F)c1cn(C2CC2)c(-c2ccc(CCl)cc2)n1. The summed E-state index contributed by atoms with van der Waals surface area (Å²) >= 11 is 5.71. The molecule has 1 aromatic carbocycles. The topological polar surface area (TPSA) is 17.8 Å². The number of imidazole rings is 1. The van der Waals surface area contributed by atoms with Gasteiger partial charge >= 0.3 is 6.18 Å². The van der Waals surface area contributed by atoms with Crippen LogP contribution in [0.1, 0.15) is 30.1 Å². The van der Waals surface area contributed by atoms with Crippen LogP contribution in [0.4, 0.5) is 13.2 Å². The fraction of sp³-hybridized carbons (Fsp3) is 0.357. The van der Waals surface area contributed by atoms with Crippen LogP contribution in [-0.2, 0) is 12.1 Å². The molecule has 0 aliphatic heterocycles. The zero-order valence-corrected chi connectivity index (χ0v) is 11.2. The molecule has 6 heteroatoms. The molecule has 1 aliphatic rings. The Bertz CT molecular complexity index is 612. The first-order valence-electron chi connectivity index (χ1n) is 6.30. The van der Waals surface area contributed by atoms with Crippen molar-refractivity contribution in [3.63, 3.8) is 0 Å². The van der Waals surface area contributed by atoms with Gasteiger partial charge in [-0.1, -0.05) is 24.3 Å². The summed E-state index contributed by atoms with van der Waals surface area (Å²) in [5, 5.41) is 0. The van der Waals surface area contributed by atoms with Crippen LogP contribution in [-0.4, -0.2) is 9.55 Å². The standard InChI is InChI=1S/C14H12ClF3N2/c15-7-9-1-3-10(4-2-9)13-19-12(14(16,17)18)8-20(13)11-5-6-11/h1-4,8,11H,5-7H2. The van der Waals surface area contributed by atoms with Crippen molar-refractivity contribution in [2.75, 3.05) is 0 Å². The van der Waals surface area contributed by atoms with E-state index in [0.717, 1.165) is 24.6 Å². The summed E-state index contributed by atoms with van der Waals surface area (Å²) in [6.45, 7) is 0.